The van der Waals surface area contributed by atoms with Gasteiger partial charge in [0.25, 0.3) is 11.8 Å². The van der Waals surface area contributed by atoms with Crippen LogP contribution in [0.1, 0.15) is 38.7 Å². The predicted molar refractivity (Wildman–Crippen MR) is 101 cm³/mol. The van der Waals surface area contributed by atoms with Crippen LogP contribution in [0, 0.1) is 0 Å². The molecule has 1 aromatic rings. The highest BCUT2D eigenvalue weighted by Gasteiger charge is 2.76. The summed E-state index contributed by atoms with van der Waals surface area (Å²) in [4.78, 5) is 28.7. The van der Waals surface area contributed by atoms with Gasteiger partial charge in [0.1, 0.15) is 6.17 Å². The summed E-state index contributed by atoms with van der Waals surface area (Å²) < 4.78 is 0. The highest BCUT2D eigenvalue weighted by Crippen LogP contribution is 2.69. The van der Waals surface area contributed by atoms with Crippen LogP contribution < -0.4 is 5.32 Å². The maximum atomic E-state index is 13.4. The fourth-order valence-electron chi connectivity index (χ4n) is 5.14. The van der Waals surface area contributed by atoms with E-state index in [1.54, 1.807) is 33.5 Å². The molecule has 1 unspecified atom stereocenters. The molecule has 1 spiro atoms. The molecule has 132 valence electrons. The molecule has 4 fully saturated rings. The summed E-state index contributed by atoms with van der Waals surface area (Å²) in [7, 11) is 4.91. The molecule has 2 amide bonds. The molecule has 5 aliphatic rings. The average molecular weight is 376 g/mol. The van der Waals surface area contributed by atoms with Crippen molar-refractivity contribution in [3.63, 3.8) is 0 Å². The number of nitrogens with one attached hydrogen (secondary N) is 1. The highest BCUT2D eigenvalue weighted by molar-refractivity contribution is 8.78. The van der Waals surface area contributed by atoms with Gasteiger partial charge in [0.05, 0.1) is 0 Å². The molecular weight excluding hydrogens is 354 g/mol. The summed E-state index contributed by atoms with van der Waals surface area (Å²) in [6.07, 6.45) is 2.53. The van der Waals surface area contributed by atoms with E-state index in [4.69, 9.17) is 0 Å². The lowest BCUT2D eigenvalue weighted by atomic mass is 9.74. The summed E-state index contributed by atoms with van der Waals surface area (Å²) in [5.74, 6) is 0.129. The SMILES string of the molecule is CCC[C@]12C[C@@]34SSC(C)(C(=O)N3[C@H]1Nc1ccccc12)N(C)C4=O. The Labute approximate surface area is 155 Å². The Morgan fingerprint density at radius 1 is 1.24 bits per heavy atom. The first kappa shape index (κ1) is 15.9. The van der Waals surface area contributed by atoms with Crippen LogP contribution in [0.3, 0.4) is 0 Å². The Kier molecular flexibility index (Phi) is 2.97. The molecule has 1 aromatic carbocycles. The van der Waals surface area contributed by atoms with Crippen molar-refractivity contribution in [2.24, 2.45) is 0 Å². The fraction of sp³-hybridized carbons (Fsp3) is 0.556. The van der Waals surface area contributed by atoms with Crippen LogP contribution in [0.5, 0.6) is 0 Å². The smallest absolute Gasteiger partial charge is 0.262 e. The van der Waals surface area contributed by atoms with Crippen LogP contribution in [0.25, 0.3) is 0 Å². The van der Waals surface area contributed by atoms with E-state index in [0.29, 0.717) is 6.42 Å². The highest BCUT2D eigenvalue weighted by atomic mass is 33.1. The van der Waals surface area contributed by atoms with Crippen molar-refractivity contribution < 1.29 is 9.59 Å². The predicted octanol–water partition coefficient (Wildman–Crippen LogP) is 2.99. The second-order valence-corrected chi connectivity index (χ2v) is 10.5. The molecule has 4 saturated heterocycles. The van der Waals surface area contributed by atoms with Crippen LogP contribution >= 0.6 is 21.6 Å². The van der Waals surface area contributed by atoms with Crippen LogP contribution in [0.4, 0.5) is 5.69 Å². The van der Waals surface area contributed by atoms with E-state index in [0.717, 1.165) is 18.5 Å². The molecule has 0 saturated carbocycles. The van der Waals surface area contributed by atoms with E-state index in [2.05, 4.69) is 30.4 Å². The number of carbonyl (C=O) groups excluding carboxylic acids is 2. The van der Waals surface area contributed by atoms with Crippen molar-refractivity contribution in [3.05, 3.63) is 29.8 Å². The quantitative estimate of drug-likeness (QED) is 0.806. The van der Waals surface area contributed by atoms with Gasteiger partial charge < -0.3 is 10.2 Å². The van der Waals surface area contributed by atoms with Gasteiger partial charge in [-0.2, -0.15) is 0 Å². The second kappa shape index (κ2) is 4.68. The molecule has 1 N–H and O–H groups in total. The van der Waals surface area contributed by atoms with E-state index < -0.39 is 9.74 Å². The van der Waals surface area contributed by atoms with Gasteiger partial charge in [0.2, 0.25) is 0 Å². The van der Waals surface area contributed by atoms with E-state index >= 15 is 0 Å². The van der Waals surface area contributed by atoms with Gasteiger partial charge >= 0.3 is 0 Å². The van der Waals surface area contributed by atoms with Crippen molar-refractivity contribution in [2.75, 3.05) is 12.4 Å². The van der Waals surface area contributed by atoms with Crippen LogP contribution in [0.15, 0.2) is 24.3 Å². The number of hydrogen-bond donors (Lipinski definition) is 1. The molecule has 2 bridgehead atoms. The maximum Gasteiger partial charge on any atom is 0.262 e. The number of piperazine rings is 1. The van der Waals surface area contributed by atoms with E-state index in [1.165, 1.54) is 5.56 Å². The molecule has 25 heavy (non-hydrogen) atoms. The van der Waals surface area contributed by atoms with Gasteiger partial charge in [-0.05, 0) is 25.0 Å². The van der Waals surface area contributed by atoms with Crippen LogP contribution in [-0.2, 0) is 15.0 Å². The lowest BCUT2D eigenvalue weighted by molar-refractivity contribution is -0.163. The number of likely N-dealkylation sites (N-methyl/N-ethyl adjacent to an activating group) is 1. The standard InChI is InChI=1S/C18H21N3O2S2/c1-4-9-17-10-18-15(23)20(3)16(2,24-25-18)14(22)21(18)13(17)19-12-8-6-5-7-11(12)17/h5-8,13,19H,4,9-10H2,1-3H3/t13-,16?,17-,18+/m1/s1. The Hall–Kier alpha value is -1.34. The monoisotopic (exact) mass is 375 g/mol. The minimum atomic E-state index is -0.817. The lowest BCUT2D eigenvalue weighted by Crippen LogP contribution is -2.75. The number of amides is 2. The normalized spacial score (nSPS) is 40.8. The van der Waals surface area contributed by atoms with E-state index in [-0.39, 0.29) is 23.4 Å². The summed E-state index contributed by atoms with van der Waals surface area (Å²) in [5, 5.41) is 3.60. The number of anilines is 1. The van der Waals surface area contributed by atoms with Gasteiger partial charge in [-0.1, -0.05) is 53.1 Å². The largest absolute Gasteiger partial charge is 0.364 e. The topological polar surface area (TPSA) is 52.7 Å². The third-order valence-corrected chi connectivity index (χ3v) is 10.1. The number of hydrogen-bond acceptors (Lipinski definition) is 5. The number of fused-ring (bicyclic) bond motifs is 5. The van der Waals surface area contributed by atoms with Crippen molar-refractivity contribution >= 4 is 39.1 Å². The summed E-state index contributed by atoms with van der Waals surface area (Å²) in [5.41, 5.74) is 2.17. The maximum absolute atomic E-state index is 13.4. The third-order valence-electron chi connectivity index (χ3n) is 6.41. The second-order valence-electron chi connectivity index (χ2n) is 7.65. The Bertz CT molecular complexity index is 817. The average Bonchev–Trinajstić information content (AvgIpc) is 3.05. The zero-order valence-electron chi connectivity index (χ0n) is 14.5. The fourth-order valence-corrected chi connectivity index (χ4v) is 8.68. The minimum absolute atomic E-state index is 0.0571. The van der Waals surface area contributed by atoms with Gasteiger partial charge in [0.15, 0.2) is 9.74 Å². The molecule has 0 radical (unpaired) electrons. The Balaban J connectivity index is 1.73. The van der Waals surface area contributed by atoms with E-state index in [1.807, 2.05) is 17.9 Å². The molecule has 0 aliphatic carbocycles. The Morgan fingerprint density at radius 2 is 2.00 bits per heavy atom. The number of carbonyl (C=O) groups is 2. The van der Waals surface area contributed by atoms with Crippen molar-refractivity contribution in [3.8, 4) is 0 Å². The summed E-state index contributed by atoms with van der Waals surface area (Å²) >= 11 is 0. The third kappa shape index (κ3) is 1.56. The zero-order valence-corrected chi connectivity index (χ0v) is 16.2. The van der Waals surface area contributed by atoms with Crippen LogP contribution in [0.2, 0.25) is 0 Å². The molecule has 5 aliphatic heterocycles. The molecule has 0 aromatic heterocycles. The van der Waals surface area contributed by atoms with Crippen molar-refractivity contribution in [1.29, 1.82) is 0 Å². The molecule has 7 heteroatoms. The molecule has 6 rings (SSSR count). The van der Waals surface area contributed by atoms with E-state index in [9.17, 15) is 9.59 Å². The number of rotatable bonds is 2. The number of benzene rings is 1. The van der Waals surface area contributed by atoms with Crippen molar-refractivity contribution in [1.82, 2.24) is 9.80 Å². The minimum Gasteiger partial charge on any atom is -0.364 e. The van der Waals surface area contributed by atoms with Gasteiger partial charge in [0, 0.05) is 24.6 Å². The zero-order chi connectivity index (χ0) is 17.6. The lowest BCUT2D eigenvalue weighted by Gasteiger charge is -2.57. The number of para-hydroxylation sites is 1. The first-order chi connectivity index (χ1) is 11.9. The first-order valence-electron chi connectivity index (χ1n) is 8.76. The first-order valence-corrected chi connectivity index (χ1v) is 10.9. The molecule has 5 nitrogen and oxygen atoms in total. The molecule has 4 atom stereocenters. The van der Waals surface area contributed by atoms with Crippen LogP contribution in [-0.4, -0.2) is 44.6 Å². The number of nitrogens with zero attached hydrogens (tertiary/aromatic N) is 2. The van der Waals surface area contributed by atoms with Crippen molar-refractivity contribution in [2.45, 2.75) is 54.4 Å². The van der Waals surface area contributed by atoms with Gasteiger partial charge in [-0.15, -0.1) is 0 Å². The summed E-state index contributed by atoms with van der Waals surface area (Å²) in [6.45, 7) is 4.05. The Morgan fingerprint density at radius 3 is 2.76 bits per heavy atom. The molecular formula is C18H21N3O2S2. The van der Waals surface area contributed by atoms with Gasteiger partial charge in [-0.25, -0.2) is 0 Å². The molecule has 5 heterocycles. The van der Waals surface area contributed by atoms with Gasteiger partial charge in [-0.3, -0.25) is 14.5 Å². The summed E-state index contributed by atoms with van der Waals surface area (Å²) in [6, 6.07) is 8.34.